The highest BCUT2D eigenvalue weighted by Crippen LogP contribution is 2.25. The molecular formula is C14H20O4. The average Bonchev–Trinajstić information content (AvgIpc) is 2.34. The molecule has 0 aliphatic rings. The number of benzene rings is 1. The van der Waals surface area contributed by atoms with Crippen molar-refractivity contribution in [1.82, 2.24) is 0 Å². The summed E-state index contributed by atoms with van der Waals surface area (Å²) in [5.74, 6) is 0.0154. The van der Waals surface area contributed by atoms with Gasteiger partial charge in [-0.25, -0.2) is 0 Å². The van der Waals surface area contributed by atoms with Crippen LogP contribution in [-0.2, 0) is 4.79 Å². The molecule has 0 aliphatic carbocycles. The third kappa shape index (κ3) is 4.37. The highest BCUT2D eigenvalue weighted by molar-refractivity contribution is 5.66. The molecule has 0 fully saturated rings. The summed E-state index contributed by atoms with van der Waals surface area (Å²) in [7, 11) is 1.62. The second kappa shape index (κ2) is 7.01. The van der Waals surface area contributed by atoms with E-state index in [0.29, 0.717) is 19.3 Å². The first-order chi connectivity index (χ1) is 8.54. The lowest BCUT2D eigenvalue weighted by Crippen LogP contribution is -2.00. The quantitative estimate of drug-likeness (QED) is 0.732. The summed E-state index contributed by atoms with van der Waals surface area (Å²) >= 11 is 0. The number of hydrogen-bond donors (Lipinski definition) is 2. The van der Waals surface area contributed by atoms with Gasteiger partial charge >= 0.3 is 5.97 Å². The number of carboxylic acid groups (broad SMARTS) is 1. The van der Waals surface area contributed by atoms with E-state index in [1.807, 2.05) is 25.1 Å². The highest BCUT2D eigenvalue weighted by atomic mass is 16.5. The molecule has 1 unspecified atom stereocenters. The smallest absolute Gasteiger partial charge is 0.303 e. The van der Waals surface area contributed by atoms with E-state index in [1.165, 1.54) is 0 Å². The minimum atomic E-state index is -0.787. The van der Waals surface area contributed by atoms with Gasteiger partial charge in [-0.3, -0.25) is 4.79 Å². The van der Waals surface area contributed by atoms with Crippen molar-refractivity contribution in [2.45, 2.75) is 38.7 Å². The molecule has 0 saturated carbocycles. The van der Waals surface area contributed by atoms with Gasteiger partial charge < -0.3 is 14.9 Å². The third-order valence-corrected chi connectivity index (χ3v) is 2.92. The first-order valence-corrected chi connectivity index (χ1v) is 6.09. The van der Waals surface area contributed by atoms with Gasteiger partial charge in [0.15, 0.2) is 0 Å². The lowest BCUT2D eigenvalue weighted by atomic mass is 10.0. The van der Waals surface area contributed by atoms with Crippen molar-refractivity contribution in [3.05, 3.63) is 29.3 Å². The van der Waals surface area contributed by atoms with Crippen LogP contribution >= 0.6 is 0 Å². The maximum absolute atomic E-state index is 10.4. The van der Waals surface area contributed by atoms with Crippen LogP contribution in [0.4, 0.5) is 0 Å². The van der Waals surface area contributed by atoms with Gasteiger partial charge in [-0.2, -0.15) is 0 Å². The van der Waals surface area contributed by atoms with Crippen LogP contribution < -0.4 is 4.74 Å². The average molecular weight is 252 g/mol. The van der Waals surface area contributed by atoms with Gasteiger partial charge in [0.05, 0.1) is 13.2 Å². The normalized spacial score (nSPS) is 12.2. The lowest BCUT2D eigenvalue weighted by Gasteiger charge is -2.13. The molecule has 0 aliphatic heterocycles. The van der Waals surface area contributed by atoms with Crippen LogP contribution in [0.5, 0.6) is 5.75 Å². The number of hydrogen-bond acceptors (Lipinski definition) is 3. The molecule has 0 amide bonds. The van der Waals surface area contributed by atoms with Crippen molar-refractivity contribution in [3.8, 4) is 5.75 Å². The van der Waals surface area contributed by atoms with Crippen LogP contribution in [0.2, 0.25) is 0 Å². The molecular weight excluding hydrogens is 232 g/mol. The number of methoxy groups -OCH3 is 1. The van der Waals surface area contributed by atoms with Gasteiger partial charge in [-0.05, 0) is 49.4 Å². The summed E-state index contributed by atoms with van der Waals surface area (Å²) in [6, 6.07) is 5.58. The van der Waals surface area contributed by atoms with Crippen LogP contribution in [0.15, 0.2) is 18.2 Å². The number of rotatable bonds is 7. The van der Waals surface area contributed by atoms with Crippen LogP contribution in [0, 0.1) is 6.92 Å². The van der Waals surface area contributed by atoms with E-state index in [0.717, 1.165) is 16.9 Å². The topological polar surface area (TPSA) is 66.8 Å². The summed E-state index contributed by atoms with van der Waals surface area (Å²) in [6.45, 7) is 1.93. The molecule has 0 aromatic heterocycles. The molecule has 0 spiro atoms. The Morgan fingerprint density at radius 2 is 2.11 bits per heavy atom. The van der Waals surface area contributed by atoms with E-state index in [1.54, 1.807) is 7.11 Å². The Hall–Kier alpha value is -1.55. The molecule has 2 N–H and O–H groups in total. The third-order valence-electron chi connectivity index (χ3n) is 2.92. The molecule has 1 rings (SSSR count). The summed E-state index contributed by atoms with van der Waals surface area (Å²) < 4.78 is 5.16. The van der Waals surface area contributed by atoms with Gasteiger partial charge in [0.25, 0.3) is 0 Å². The Labute approximate surface area is 107 Å². The lowest BCUT2D eigenvalue weighted by molar-refractivity contribution is -0.137. The van der Waals surface area contributed by atoms with E-state index in [-0.39, 0.29) is 6.42 Å². The molecule has 4 nitrogen and oxygen atoms in total. The molecule has 1 atom stereocenters. The predicted octanol–water partition coefficient (Wildman–Crippen LogP) is 2.68. The maximum Gasteiger partial charge on any atom is 0.303 e. The Morgan fingerprint density at radius 1 is 1.39 bits per heavy atom. The van der Waals surface area contributed by atoms with Crippen molar-refractivity contribution in [1.29, 1.82) is 0 Å². The van der Waals surface area contributed by atoms with E-state index >= 15 is 0 Å². The molecule has 1 aromatic carbocycles. The molecule has 0 saturated heterocycles. The van der Waals surface area contributed by atoms with Crippen molar-refractivity contribution in [2.24, 2.45) is 0 Å². The van der Waals surface area contributed by atoms with Crippen LogP contribution in [-0.4, -0.2) is 23.3 Å². The van der Waals surface area contributed by atoms with E-state index < -0.39 is 12.1 Å². The minimum Gasteiger partial charge on any atom is -0.496 e. The molecule has 0 bridgehead atoms. The first-order valence-electron chi connectivity index (χ1n) is 6.09. The molecule has 4 heteroatoms. The second-order valence-electron chi connectivity index (χ2n) is 4.38. The molecule has 18 heavy (non-hydrogen) atoms. The minimum absolute atomic E-state index is 0.161. The van der Waals surface area contributed by atoms with Crippen molar-refractivity contribution in [3.63, 3.8) is 0 Å². The summed E-state index contributed by atoms with van der Waals surface area (Å²) in [4.78, 5) is 10.4. The van der Waals surface area contributed by atoms with Gasteiger partial charge in [-0.15, -0.1) is 0 Å². The predicted molar refractivity (Wildman–Crippen MR) is 68.8 cm³/mol. The van der Waals surface area contributed by atoms with Crippen molar-refractivity contribution in [2.75, 3.05) is 7.11 Å². The molecule has 1 aromatic rings. The number of aliphatic carboxylic acids is 1. The molecule has 100 valence electrons. The van der Waals surface area contributed by atoms with Crippen molar-refractivity contribution >= 4 is 5.97 Å². The number of aryl methyl sites for hydroxylation is 1. The number of aliphatic hydroxyl groups excluding tert-OH is 1. The van der Waals surface area contributed by atoms with E-state index in [2.05, 4.69) is 0 Å². The number of aliphatic hydroxyl groups is 1. The largest absolute Gasteiger partial charge is 0.496 e. The summed E-state index contributed by atoms with van der Waals surface area (Å²) in [5, 5.41) is 18.5. The van der Waals surface area contributed by atoms with E-state index in [4.69, 9.17) is 9.84 Å². The zero-order valence-corrected chi connectivity index (χ0v) is 10.8. The fourth-order valence-electron chi connectivity index (χ4n) is 1.89. The van der Waals surface area contributed by atoms with E-state index in [9.17, 15) is 9.90 Å². The number of carboxylic acids is 1. The highest BCUT2D eigenvalue weighted by Gasteiger charge is 2.09. The first kappa shape index (κ1) is 14.5. The number of carbonyl (C=O) groups is 1. The van der Waals surface area contributed by atoms with Gasteiger partial charge in [-0.1, -0.05) is 6.07 Å². The summed E-state index contributed by atoms with van der Waals surface area (Å²) in [6.07, 6.45) is 1.51. The van der Waals surface area contributed by atoms with Crippen LogP contribution in [0.25, 0.3) is 0 Å². The van der Waals surface area contributed by atoms with Crippen LogP contribution in [0.3, 0.4) is 0 Å². The Balaban J connectivity index is 2.48. The zero-order chi connectivity index (χ0) is 13.5. The maximum atomic E-state index is 10.4. The Bertz CT molecular complexity index is 401. The SMILES string of the molecule is COc1ccc(C(O)CCCCC(=O)O)cc1C. The van der Waals surface area contributed by atoms with Gasteiger partial charge in [0, 0.05) is 6.42 Å². The fraction of sp³-hybridized carbons (Fsp3) is 0.500. The zero-order valence-electron chi connectivity index (χ0n) is 10.8. The monoisotopic (exact) mass is 252 g/mol. The van der Waals surface area contributed by atoms with Crippen LogP contribution in [0.1, 0.15) is 42.9 Å². The standard InChI is InChI=1S/C14H20O4/c1-10-9-11(7-8-13(10)18-2)12(15)5-3-4-6-14(16)17/h7-9,12,15H,3-6H2,1-2H3,(H,16,17). The van der Waals surface area contributed by atoms with Gasteiger partial charge in [0.2, 0.25) is 0 Å². The fourth-order valence-corrected chi connectivity index (χ4v) is 1.89. The summed E-state index contributed by atoms with van der Waals surface area (Å²) in [5.41, 5.74) is 1.84. The second-order valence-corrected chi connectivity index (χ2v) is 4.38. The Kier molecular flexibility index (Phi) is 5.65. The number of unbranched alkanes of at least 4 members (excludes halogenated alkanes) is 1. The number of ether oxygens (including phenoxy) is 1. The molecule has 0 heterocycles. The van der Waals surface area contributed by atoms with Crippen molar-refractivity contribution < 1.29 is 19.7 Å². The van der Waals surface area contributed by atoms with Gasteiger partial charge in [0.1, 0.15) is 5.75 Å². The molecule has 0 radical (unpaired) electrons. The Morgan fingerprint density at radius 3 is 2.67 bits per heavy atom.